The number of piperidine rings is 1. The molecule has 0 saturated carbocycles. The first-order valence-electron chi connectivity index (χ1n) is 14.4. The zero-order valence-corrected chi connectivity index (χ0v) is 24.0. The van der Waals surface area contributed by atoms with E-state index in [4.69, 9.17) is 9.47 Å². The molecular weight excluding hydrogens is 532 g/mol. The van der Waals surface area contributed by atoms with Gasteiger partial charge in [0.25, 0.3) is 5.91 Å². The van der Waals surface area contributed by atoms with Gasteiger partial charge in [-0.15, -0.1) is 0 Å². The smallest absolute Gasteiger partial charge is 0.255 e. The Bertz CT molecular complexity index is 1420. The van der Waals surface area contributed by atoms with E-state index in [0.29, 0.717) is 18.5 Å². The van der Waals surface area contributed by atoms with Crippen LogP contribution in [-0.2, 0) is 22.7 Å². The minimum Gasteiger partial charge on any atom is -0.497 e. The fraction of sp³-hybridized carbons (Fsp3) is 0.364. The number of ether oxygens (including phenoxy) is 2. The lowest BCUT2D eigenvalue weighted by Gasteiger charge is -2.40. The summed E-state index contributed by atoms with van der Waals surface area (Å²) in [5.74, 6) is 0.887. The molecule has 3 aromatic rings. The highest BCUT2D eigenvalue weighted by Crippen LogP contribution is 2.33. The molecule has 0 spiro atoms. The molecule has 9 nitrogen and oxygen atoms in total. The number of amides is 3. The Morgan fingerprint density at radius 1 is 0.833 bits per heavy atom. The van der Waals surface area contributed by atoms with Crippen LogP contribution in [0.4, 0.5) is 0 Å². The summed E-state index contributed by atoms with van der Waals surface area (Å²) in [4.78, 5) is 43.8. The molecule has 3 aliphatic rings. The molecule has 1 N–H and O–H groups in total. The average Bonchev–Trinajstić information content (AvgIpc) is 3.34. The number of methoxy groups -OCH3 is 2. The summed E-state index contributed by atoms with van der Waals surface area (Å²) in [7, 11) is 3.36. The summed E-state index contributed by atoms with van der Waals surface area (Å²) in [5.41, 5.74) is 5.11. The predicted molar refractivity (Wildman–Crippen MR) is 157 cm³/mol. The van der Waals surface area contributed by atoms with E-state index in [2.05, 4.69) is 45.4 Å². The van der Waals surface area contributed by atoms with Crippen LogP contribution in [0.25, 0.3) is 0 Å². The number of carbonyl (C=O) groups excluding carboxylic acids is 3. The van der Waals surface area contributed by atoms with Gasteiger partial charge in [0.1, 0.15) is 17.5 Å². The standard InChI is InChI=1S/C33H36N4O5/c1-41-26-9-5-23(6-10-26)31(24-7-11-27(42-2)12-8-24)36-17-15-35(16-18-36)20-22-3-4-25-21-37(33(40)28(25)19-22)29-13-14-30(38)34-32(29)39/h3-12,19,29,31H,13-18,20-21H2,1-2H3,(H,34,38,39). The summed E-state index contributed by atoms with van der Waals surface area (Å²) >= 11 is 0. The summed E-state index contributed by atoms with van der Waals surface area (Å²) in [6.07, 6.45) is 0.626. The monoisotopic (exact) mass is 568 g/mol. The highest BCUT2D eigenvalue weighted by molar-refractivity contribution is 6.05. The number of nitrogens with zero attached hydrogens (tertiary/aromatic N) is 3. The van der Waals surface area contributed by atoms with E-state index in [9.17, 15) is 14.4 Å². The number of carbonyl (C=O) groups is 3. The average molecular weight is 569 g/mol. The number of fused-ring (bicyclic) bond motifs is 1. The third kappa shape index (κ3) is 5.62. The molecule has 3 aromatic carbocycles. The van der Waals surface area contributed by atoms with Crippen LogP contribution in [0.15, 0.2) is 66.7 Å². The van der Waals surface area contributed by atoms with E-state index in [0.717, 1.165) is 55.3 Å². The number of hydrogen-bond donors (Lipinski definition) is 1. The second-order valence-corrected chi connectivity index (χ2v) is 11.2. The van der Waals surface area contributed by atoms with Gasteiger partial charge < -0.3 is 14.4 Å². The summed E-state index contributed by atoms with van der Waals surface area (Å²) < 4.78 is 10.8. The molecule has 0 aliphatic carbocycles. The van der Waals surface area contributed by atoms with Crippen LogP contribution in [0.5, 0.6) is 11.5 Å². The molecular formula is C33H36N4O5. The minimum absolute atomic E-state index is 0.111. The van der Waals surface area contributed by atoms with Crippen LogP contribution in [0.1, 0.15) is 51.5 Å². The summed E-state index contributed by atoms with van der Waals surface area (Å²) in [6.45, 7) is 4.75. The molecule has 0 aromatic heterocycles. The molecule has 3 heterocycles. The normalized spacial score (nSPS) is 19.6. The Hall–Kier alpha value is -4.21. The van der Waals surface area contributed by atoms with Crippen molar-refractivity contribution < 1.29 is 23.9 Å². The largest absolute Gasteiger partial charge is 0.497 e. The van der Waals surface area contributed by atoms with E-state index < -0.39 is 6.04 Å². The molecule has 3 amide bonds. The molecule has 0 bridgehead atoms. The first-order valence-corrected chi connectivity index (χ1v) is 14.4. The Balaban J connectivity index is 1.12. The molecule has 218 valence electrons. The Morgan fingerprint density at radius 2 is 1.45 bits per heavy atom. The topological polar surface area (TPSA) is 91.4 Å². The van der Waals surface area contributed by atoms with Gasteiger partial charge in [-0.3, -0.25) is 29.5 Å². The molecule has 42 heavy (non-hydrogen) atoms. The third-order valence-corrected chi connectivity index (χ3v) is 8.63. The van der Waals surface area contributed by atoms with Gasteiger partial charge in [0.2, 0.25) is 11.8 Å². The maximum absolute atomic E-state index is 13.3. The first-order chi connectivity index (χ1) is 20.4. The second-order valence-electron chi connectivity index (χ2n) is 11.2. The van der Waals surface area contributed by atoms with E-state index in [1.165, 1.54) is 11.1 Å². The minimum atomic E-state index is -0.594. The van der Waals surface area contributed by atoms with Gasteiger partial charge in [-0.1, -0.05) is 36.4 Å². The Labute approximate surface area is 246 Å². The van der Waals surface area contributed by atoms with Gasteiger partial charge in [0.05, 0.1) is 20.3 Å². The lowest BCUT2D eigenvalue weighted by atomic mass is 9.96. The first kappa shape index (κ1) is 27.9. The fourth-order valence-electron chi connectivity index (χ4n) is 6.32. The molecule has 9 heteroatoms. The van der Waals surface area contributed by atoms with Crippen molar-refractivity contribution in [1.82, 2.24) is 20.0 Å². The van der Waals surface area contributed by atoms with Gasteiger partial charge in [0, 0.05) is 51.3 Å². The SMILES string of the molecule is COc1ccc(C(c2ccc(OC)cc2)N2CCN(Cc3ccc4c(c3)C(=O)N(C3CCC(=O)NC3=O)C4)CC2)cc1. The molecule has 1 atom stereocenters. The quantitative estimate of drug-likeness (QED) is 0.417. The van der Waals surface area contributed by atoms with Gasteiger partial charge in [-0.05, 0) is 59.0 Å². The molecule has 1 unspecified atom stereocenters. The van der Waals surface area contributed by atoms with Crippen LogP contribution in [0, 0.1) is 0 Å². The van der Waals surface area contributed by atoms with Crippen molar-refractivity contribution in [2.75, 3.05) is 40.4 Å². The van der Waals surface area contributed by atoms with Crippen molar-refractivity contribution in [3.05, 3.63) is 94.5 Å². The van der Waals surface area contributed by atoms with Gasteiger partial charge in [-0.2, -0.15) is 0 Å². The van der Waals surface area contributed by atoms with E-state index in [1.807, 2.05) is 36.4 Å². The maximum atomic E-state index is 13.3. The van der Waals surface area contributed by atoms with Crippen LogP contribution >= 0.6 is 0 Å². The zero-order valence-electron chi connectivity index (χ0n) is 24.0. The lowest BCUT2D eigenvalue weighted by molar-refractivity contribution is -0.136. The third-order valence-electron chi connectivity index (χ3n) is 8.63. The fourth-order valence-corrected chi connectivity index (χ4v) is 6.32. The van der Waals surface area contributed by atoms with E-state index in [1.54, 1.807) is 19.1 Å². The second kappa shape index (κ2) is 12.0. The van der Waals surface area contributed by atoms with Crippen LogP contribution in [0.3, 0.4) is 0 Å². The summed E-state index contributed by atoms with van der Waals surface area (Å²) in [6, 6.07) is 22.2. The highest BCUT2D eigenvalue weighted by Gasteiger charge is 2.39. The molecule has 0 radical (unpaired) electrons. The van der Waals surface area contributed by atoms with Crippen molar-refractivity contribution in [2.24, 2.45) is 0 Å². The maximum Gasteiger partial charge on any atom is 0.255 e. The van der Waals surface area contributed by atoms with Crippen molar-refractivity contribution in [2.45, 2.75) is 38.0 Å². The van der Waals surface area contributed by atoms with E-state index >= 15 is 0 Å². The van der Waals surface area contributed by atoms with Crippen LogP contribution in [0.2, 0.25) is 0 Å². The zero-order chi connectivity index (χ0) is 29.2. The number of piperazine rings is 1. The highest BCUT2D eigenvalue weighted by atomic mass is 16.5. The molecule has 6 rings (SSSR count). The van der Waals surface area contributed by atoms with Crippen molar-refractivity contribution in [3.63, 3.8) is 0 Å². The number of nitrogens with one attached hydrogen (secondary N) is 1. The number of benzene rings is 3. The van der Waals surface area contributed by atoms with Crippen LogP contribution in [-0.4, -0.2) is 78.9 Å². The van der Waals surface area contributed by atoms with Gasteiger partial charge in [-0.25, -0.2) is 0 Å². The van der Waals surface area contributed by atoms with Crippen LogP contribution < -0.4 is 14.8 Å². The van der Waals surface area contributed by atoms with Crippen molar-refractivity contribution in [1.29, 1.82) is 0 Å². The Kier molecular flexibility index (Phi) is 7.95. The molecule has 2 fully saturated rings. The van der Waals surface area contributed by atoms with Gasteiger partial charge in [0.15, 0.2) is 0 Å². The molecule has 3 aliphatic heterocycles. The summed E-state index contributed by atoms with van der Waals surface area (Å²) in [5, 5.41) is 2.37. The van der Waals surface area contributed by atoms with E-state index in [-0.39, 0.29) is 30.2 Å². The predicted octanol–water partition coefficient (Wildman–Crippen LogP) is 3.37. The van der Waals surface area contributed by atoms with Crippen molar-refractivity contribution in [3.8, 4) is 11.5 Å². The Morgan fingerprint density at radius 3 is 2.02 bits per heavy atom. The number of hydrogen-bond acceptors (Lipinski definition) is 7. The number of rotatable bonds is 8. The lowest BCUT2D eigenvalue weighted by Crippen LogP contribution is -2.52. The number of imide groups is 1. The van der Waals surface area contributed by atoms with Gasteiger partial charge >= 0.3 is 0 Å². The van der Waals surface area contributed by atoms with Crippen molar-refractivity contribution >= 4 is 17.7 Å². The molecule has 2 saturated heterocycles.